The molecule has 0 heterocycles. The Morgan fingerprint density at radius 1 is 1.00 bits per heavy atom. The summed E-state index contributed by atoms with van der Waals surface area (Å²) >= 11 is 0. The van der Waals surface area contributed by atoms with Gasteiger partial charge in [-0.05, 0) is 35.1 Å². The van der Waals surface area contributed by atoms with Gasteiger partial charge in [0.15, 0.2) is 0 Å². The molecule has 2 aromatic carbocycles. The molecular weight excluding hydrogens is 262 g/mol. The van der Waals surface area contributed by atoms with Crippen molar-refractivity contribution < 1.29 is 10.2 Å². The second-order valence-electron chi connectivity index (χ2n) is 6.19. The van der Waals surface area contributed by atoms with Crippen LogP contribution in [0.25, 0.3) is 10.8 Å². The molecule has 0 bridgehead atoms. The highest BCUT2D eigenvalue weighted by atomic mass is 16.3. The van der Waals surface area contributed by atoms with Crippen LogP contribution < -0.4 is 5.73 Å². The summed E-state index contributed by atoms with van der Waals surface area (Å²) in [5.74, 6) is 0.333. The molecule has 0 aliphatic rings. The maximum atomic E-state index is 10.2. The Bertz CT molecular complexity index is 577. The topological polar surface area (TPSA) is 66.5 Å². The maximum Gasteiger partial charge on any atom is 0.0952 e. The van der Waals surface area contributed by atoms with Gasteiger partial charge in [0.25, 0.3) is 0 Å². The van der Waals surface area contributed by atoms with Crippen molar-refractivity contribution in [1.82, 2.24) is 0 Å². The van der Waals surface area contributed by atoms with Crippen molar-refractivity contribution in [3.8, 4) is 0 Å². The number of fused-ring (bicyclic) bond motifs is 1. The van der Waals surface area contributed by atoms with Crippen LogP contribution in [0, 0.1) is 5.92 Å². The van der Waals surface area contributed by atoms with Crippen LogP contribution in [0.1, 0.15) is 25.8 Å². The van der Waals surface area contributed by atoms with Gasteiger partial charge in [0, 0.05) is 6.04 Å². The number of rotatable bonds is 6. The molecule has 0 aliphatic carbocycles. The molecule has 0 radical (unpaired) electrons. The van der Waals surface area contributed by atoms with Gasteiger partial charge in [0.1, 0.15) is 0 Å². The number of nitrogens with two attached hydrogens (primary N) is 1. The summed E-state index contributed by atoms with van der Waals surface area (Å²) in [7, 11) is 0. The van der Waals surface area contributed by atoms with Gasteiger partial charge >= 0.3 is 0 Å². The second-order valence-corrected chi connectivity index (χ2v) is 6.19. The van der Waals surface area contributed by atoms with E-state index in [4.69, 9.17) is 5.73 Å². The highest BCUT2D eigenvalue weighted by molar-refractivity contribution is 5.85. The van der Waals surface area contributed by atoms with Gasteiger partial charge < -0.3 is 15.9 Å². The van der Waals surface area contributed by atoms with Crippen LogP contribution in [-0.4, -0.2) is 28.5 Å². The average Bonchev–Trinajstić information content (AvgIpc) is 2.46. The van der Waals surface area contributed by atoms with Crippen LogP contribution in [0.2, 0.25) is 0 Å². The Kier molecular flexibility index (Phi) is 5.34. The molecule has 0 fully saturated rings. The molecule has 0 aromatic heterocycles. The van der Waals surface area contributed by atoms with Crippen LogP contribution in [-0.2, 0) is 6.42 Å². The summed E-state index contributed by atoms with van der Waals surface area (Å²) in [6, 6.07) is 13.8. The lowest BCUT2D eigenvalue weighted by Crippen LogP contribution is -2.44. The first-order valence-corrected chi connectivity index (χ1v) is 7.57. The molecule has 114 valence electrons. The highest BCUT2D eigenvalue weighted by Crippen LogP contribution is 2.21. The maximum absolute atomic E-state index is 10.2. The summed E-state index contributed by atoms with van der Waals surface area (Å²) in [6.07, 6.45) is -0.552. The van der Waals surface area contributed by atoms with Crippen molar-refractivity contribution in [3.63, 3.8) is 0 Å². The van der Waals surface area contributed by atoms with E-state index in [1.807, 2.05) is 38.1 Å². The number of hydrogen-bond donors (Lipinski definition) is 3. The van der Waals surface area contributed by atoms with Crippen molar-refractivity contribution >= 4 is 10.8 Å². The zero-order chi connectivity index (χ0) is 15.4. The van der Waals surface area contributed by atoms with E-state index < -0.39 is 18.2 Å². The fourth-order valence-electron chi connectivity index (χ4n) is 2.75. The smallest absolute Gasteiger partial charge is 0.0952 e. The summed E-state index contributed by atoms with van der Waals surface area (Å²) < 4.78 is 0. The first-order valence-electron chi connectivity index (χ1n) is 7.57. The molecule has 3 nitrogen and oxygen atoms in total. The van der Waals surface area contributed by atoms with E-state index in [0.717, 1.165) is 10.9 Å². The van der Waals surface area contributed by atoms with E-state index in [0.29, 0.717) is 18.8 Å². The van der Waals surface area contributed by atoms with Gasteiger partial charge in [-0.3, -0.25) is 0 Å². The molecule has 2 rings (SSSR count). The molecule has 2 aromatic rings. The summed E-state index contributed by atoms with van der Waals surface area (Å²) in [6.45, 7) is 4.04. The second kappa shape index (κ2) is 7.03. The SMILES string of the molecule is CC(C)C[C@H](O)[C@H](O)[C@@H](N)Cc1cccc2ccccc12. The molecule has 0 amide bonds. The number of benzene rings is 2. The third-order valence-corrected chi connectivity index (χ3v) is 3.88. The fourth-order valence-corrected chi connectivity index (χ4v) is 2.75. The minimum Gasteiger partial charge on any atom is -0.390 e. The van der Waals surface area contributed by atoms with Crippen molar-refractivity contribution in [3.05, 3.63) is 48.0 Å². The Morgan fingerprint density at radius 3 is 2.38 bits per heavy atom. The van der Waals surface area contributed by atoms with Crippen LogP contribution in [0.4, 0.5) is 0 Å². The largest absolute Gasteiger partial charge is 0.390 e. The lowest BCUT2D eigenvalue weighted by molar-refractivity contribution is -0.00649. The van der Waals surface area contributed by atoms with E-state index >= 15 is 0 Å². The van der Waals surface area contributed by atoms with Crippen molar-refractivity contribution in [2.24, 2.45) is 11.7 Å². The van der Waals surface area contributed by atoms with Gasteiger partial charge in [0.05, 0.1) is 12.2 Å². The van der Waals surface area contributed by atoms with Gasteiger partial charge in [-0.2, -0.15) is 0 Å². The van der Waals surface area contributed by atoms with E-state index in [1.165, 1.54) is 5.39 Å². The van der Waals surface area contributed by atoms with E-state index in [1.54, 1.807) is 0 Å². The quantitative estimate of drug-likeness (QED) is 0.764. The normalized spacial score (nSPS) is 16.1. The first-order chi connectivity index (χ1) is 9.99. The first kappa shape index (κ1) is 16.0. The number of aliphatic hydroxyl groups excluding tert-OH is 2. The Labute approximate surface area is 126 Å². The Balaban J connectivity index is 2.12. The van der Waals surface area contributed by atoms with Gasteiger partial charge in [-0.15, -0.1) is 0 Å². The molecule has 4 N–H and O–H groups in total. The monoisotopic (exact) mass is 287 g/mol. The standard InChI is InChI=1S/C18H25NO2/c1-12(2)10-17(20)18(21)16(19)11-14-8-5-7-13-6-3-4-9-15(13)14/h3-9,12,16-18,20-21H,10-11,19H2,1-2H3/t16-,17-,18+/m0/s1. The average molecular weight is 287 g/mol. The minimum atomic E-state index is -0.897. The van der Waals surface area contributed by atoms with Crippen LogP contribution >= 0.6 is 0 Å². The summed E-state index contributed by atoms with van der Waals surface area (Å²) in [5, 5.41) is 22.5. The van der Waals surface area contributed by atoms with Crippen molar-refractivity contribution in [2.75, 3.05) is 0 Å². The molecule has 21 heavy (non-hydrogen) atoms. The van der Waals surface area contributed by atoms with Crippen molar-refractivity contribution in [1.29, 1.82) is 0 Å². The molecule has 3 atom stereocenters. The number of aliphatic hydroxyl groups is 2. The third kappa shape index (κ3) is 4.03. The lowest BCUT2D eigenvalue weighted by atomic mass is 9.92. The van der Waals surface area contributed by atoms with Gasteiger partial charge in [-0.25, -0.2) is 0 Å². The molecule has 0 unspecified atom stereocenters. The van der Waals surface area contributed by atoms with Crippen molar-refractivity contribution in [2.45, 2.75) is 44.9 Å². The summed E-state index contributed by atoms with van der Waals surface area (Å²) in [4.78, 5) is 0. The molecule has 0 spiro atoms. The fraction of sp³-hybridized carbons (Fsp3) is 0.444. The molecule has 3 heteroatoms. The molecule has 0 aliphatic heterocycles. The third-order valence-electron chi connectivity index (χ3n) is 3.88. The van der Waals surface area contributed by atoms with E-state index in [9.17, 15) is 10.2 Å². The minimum absolute atomic E-state index is 0.333. The molecule has 0 saturated heterocycles. The Morgan fingerprint density at radius 2 is 1.67 bits per heavy atom. The van der Waals surface area contributed by atoms with Gasteiger partial charge in [-0.1, -0.05) is 56.3 Å². The summed E-state index contributed by atoms with van der Waals surface area (Å²) in [5.41, 5.74) is 7.21. The number of hydrogen-bond acceptors (Lipinski definition) is 3. The van der Waals surface area contributed by atoms with Crippen LogP contribution in [0.15, 0.2) is 42.5 Å². The molecular formula is C18H25NO2. The van der Waals surface area contributed by atoms with Crippen LogP contribution in [0.3, 0.4) is 0 Å². The van der Waals surface area contributed by atoms with E-state index in [2.05, 4.69) is 18.2 Å². The predicted octanol–water partition coefficient (Wildman–Crippen LogP) is 2.48. The van der Waals surface area contributed by atoms with Crippen LogP contribution in [0.5, 0.6) is 0 Å². The zero-order valence-electron chi connectivity index (χ0n) is 12.7. The Hall–Kier alpha value is -1.42. The molecule has 0 saturated carbocycles. The lowest BCUT2D eigenvalue weighted by Gasteiger charge is -2.25. The zero-order valence-corrected chi connectivity index (χ0v) is 12.7. The van der Waals surface area contributed by atoms with Gasteiger partial charge in [0.2, 0.25) is 0 Å². The predicted molar refractivity (Wildman–Crippen MR) is 87.1 cm³/mol. The highest BCUT2D eigenvalue weighted by Gasteiger charge is 2.24. The van der Waals surface area contributed by atoms with E-state index in [-0.39, 0.29) is 0 Å².